The van der Waals surface area contributed by atoms with E-state index in [0.717, 1.165) is 37.8 Å². The molecule has 2 rings (SSSR count). The molecule has 0 radical (unpaired) electrons. The average molecular weight is 285 g/mol. The third kappa shape index (κ3) is 4.77. The molecule has 5 heteroatoms. The molecule has 108 valence electrons. The van der Waals surface area contributed by atoms with Crippen molar-refractivity contribution < 1.29 is 0 Å². The summed E-state index contributed by atoms with van der Waals surface area (Å²) in [7, 11) is 0. The Morgan fingerprint density at radius 2 is 2.32 bits per heavy atom. The topological polar surface area (TPSA) is 42.7 Å². The zero-order valence-electron chi connectivity index (χ0n) is 12.0. The largest absolute Gasteiger partial charge is 0.310 e. The molecule has 0 bridgehead atoms. The van der Waals surface area contributed by atoms with E-state index in [0.29, 0.717) is 11.3 Å². The minimum atomic E-state index is 0.380. The highest BCUT2D eigenvalue weighted by Crippen LogP contribution is 2.27. The van der Waals surface area contributed by atoms with Gasteiger partial charge in [0.25, 0.3) is 0 Å². The smallest absolute Gasteiger partial charge is 0.140 e. The van der Waals surface area contributed by atoms with E-state index in [2.05, 4.69) is 29.2 Å². The van der Waals surface area contributed by atoms with Crippen LogP contribution in [-0.2, 0) is 13.1 Å². The number of nitrogens with one attached hydrogen (secondary N) is 1. The van der Waals surface area contributed by atoms with E-state index in [1.165, 1.54) is 19.3 Å². The van der Waals surface area contributed by atoms with Gasteiger partial charge in [-0.05, 0) is 37.6 Å². The first-order chi connectivity index (χ1) is 9.15. The normalized spacial score (nSPS) is 24.0. The average Bonchev–Trinajstić information content (AvgIpc) is 2.76. The van der Waals surface area contributed by atoms with Crippen molar-refractivity contribution >= 4 is 11.6 Å². The molecule has 0 saturated heterocycles. The van der Waals surface area contributed by atoms with Crippen molar-refractivity contribution in [2.45, 2.75) is 58.0 Å². The van der Waals surface area contributed by atoms with Gasteiger partial charge in [-0.3, -0.25) is 0 Å². The SMILES string of the molecule is CC(C)Cn1ncnc1CNCC1CCCC(Cl)C1. The summed E-state index contributed by atoms with van der Waals surface area (Å²) in [6.07, 6.45) is 6.54. The Hall–Kier alpha value is -0.610. The first kappa shape index (κ1) is 14.8. The Morgan fingerprint density at radius 3 is 3.05 bits per heavy atom. The lowest BCUT2D eigenvalue weighted by Crippen LogP contribution is -2.28. The van der Waals surface area contributed by atoms with Crippen molar-refractivity contribution in [2.24, 2.45) is 11.8 Å². The highest BCUT2D eigenvalue weighted by molar-refractivity contribution is 6.20. The van der Waals surface area contributed by atoms with Gasteiger partial charge in [0, 0.05) is 11.9 Å². The van der Waals surface area contributed by atoms with Crippen LogP contribution in [0.3, 0.4) is 0 Å². The van der Waals surface area contributed by atoms with Crippen LogP contribution in [-0.4, -0.2) is 26.7 Å². The number of hydrogen-bond acceptors (Lipinski definition) is 3. The molecule has 1 N–H and O–H groups in total. The summed E-state index contributed by atoms with van der Waals surface area (Å²) < 4.78 is 2.00. The van der Waals surface area contributed by atoms with Crippen molar-refractivity contribution in [3.63, 3.8) is 0 Å². The van der Waals surface area contributed by atoms with Gasteiger partial charge in [-0.2, -0.15) is 5.10 Å². The van der Waals surface area contributed by atoms with Gasteiger partial charge in [-0.15, -0.1) is 11.6 Å². The van der Waals surface area contributed by atoms with Gasteiger partial charge in [-0.25, -0.2) is 9.67 Å². The van der Waals surface area contributed by atoms with Gasteiger partial charge in [-0.1, -0.05) is 20.3 Å². The second-order valence-corrected chi connectivity index (χ2v) is 6.63. The number of rotatable bonds is 6. The molecular formula is C14H25ClN4. The lowest BCUT2D eigenvalue weighted by molar-refractivity contribution is 0.342. The number of halogens is 1. The molecule has 4 nitrogen and oxygen atoms in total. The maximum absolute atomic E-state index is 6.22. The minimum Gasteiger partial charge on any atom is -0.310 e. The van der Waals surface area contributed by atoms with Crippen LogP contribution in [0, 0.1) is 11.8 Å². The Bertz CT molecular complexity index is 377. The van der Waals surface area contributed by atoms with E-state index < -0.39 is 0 Å². The van der Waals surface area contributed by atoms with Crippen molar-refractivity contribution in [2.75, 3.05) is 6.54 Å². The van der Waals surface area contributed by atoms with Gasteiger partial charge in [0.1, 0.15) is 12.2 Å². The van der Waals surface area contributed by atoms with Crippen molar-refractivity contribution in [3.8, 4) is 0 Å². The monoisotopic (exact) mass is 284 g/mol. The standard InChI is InChI=1S/C14H25ClN4/c1-11(2)9-19-14(17-10-18-19)8-16-7-12-4-3-5-13(15)6-12/h10-13,16H,3-9H2,1-2H3. The number of nitrogens with zero attached hydrogens (tertiary/aromatic N) is 3. The molecule has 1 aromatic rings. The lowest BCUT2D eigenvalue weighted by Gasteiger charge is -2.25. The zero-order valence-corrected chi connectivity index (χ0v) is 12.7. The van der Waals surface area contributed by atoms with Crippen LogP contribution >= 0.6 is 11.6 Å². The second kappa shape index (κ2) is 7.25. The third-order valence-corrected chi connectivity index (χ3v) is 4.07. The van der Waals surface area contributed by atoms with Crippen LogP contribution in [0.25, 0.3) is 0 Å². The van der Waals surface area contributed by atoms with Gasteiger partial charge < -0.3 is 5.32 Å². The third-order valence-electron chi connectivity index (χ3n) is 3.67. The Morgan fingerprint density at radius 1 is 1.47 bits per heavy atom. The molecular weight excluding hydrogens is 260 g/mol. The van der Waals surface area contributed by atoms with Crippen molar-refractivity contribution in [1.82, 2.24) is 20.1 Å². The van der Waals surface area contributed by atoms with Gasteiger partial charge >= 0.3 is 0 Å². The molecule has 1 heterocycles. The van der Waals surface area contributed by atoms with Gasteiger partial charge in [0.2, 0.25) is 0 Å². The Labute approximate surface area is 120 Å². The minimum absolute atomic E-state index is 0.380. The molecule has 1 fully saturated rings. The molecule has 1 aliphatic carbocycles. The van der Waals surface area contributed by atoms with Crippen LogP contribution < -0.4 is 5.32 Å². The summed E-state index contributed by atoms with van der Waals surface area (Å²) in [5.74, 6) is 2.35. The number of alkyl halides is 1. The molecule has 0 amide bonds. The molecule has 2 atom stereocenters. The fourth-order valence-corrected chi connectivity index (χ4v) is 3.13. The van der Waals surface area contributed by atoms with Crippen LogP contribution in [0.5, 0.6) is 0 Å². The summed E-state index contributed by atoms with van der Waals surface area (Å²) in [6, 6.07) is 0. The van der Waals surface area contributed by atoms with Crippen LogP contribution in [0.15, 0.2) is 6.33 Å². The van der Waals surface area contributed by atoms with E-state index in [1.807, 2.05) is 4.68 Å². The fourth-order valence-electron chi connectivity index (χ4n) is 2.72. The second-order valence-electron chi connectivity index (χ2n) is 6.01. The summed E-state index contributed by atoms with van der Waals surface area (Å²) in [5, 5.41) is 8.17. The highest BCUT2D eigenvalue weighted by Gasteiger charge is 2.19. The predicted molar refractivity (Wildman–Crippen MR) is 78.2 cm³/mol. The molecule has 1 aliphatic rings. The number of hydrogen-bond donors (Lipinski definition) is 1. The van der Waals surface area contributed by atoms with E-state index in [4.69, 9.17) is 11.6 Å². The molecule has 1 aromatic heterocycles. The van der Waals surface area contributed by atoms with E-state index >= 15 is 0 Å². The highest BCUT2D eigenvalue weighted by atomic mass is 35.5. The maximum atomic E-state index is 6.22. The summed E-state index contributed by atoms with van der Waals surface area (Å²) in [4.78, 5) is 4.33. The van der Waals surface area contributed by atoms with Gasteiger partial charge in [0.05, 0.1) is 6.54 Å². The Balaban J connectivity index is 1.74. The van der Waals surface area contributed by atoms with Crippen LogP contribution in [0.4, 0.5) is 0 Å². The van der Waals surface area contributed by atoms with Crippen LogP contribution in [0.2, 0.25) is 0 Å². The fraction of sp³-hybridized carbons (Fsp3) is 0.857. The van der Waals surface area contributed by atoms with Gasteiger partial charge in [0.15, 0.2) is 0 Å². The first-order valence-corrected chi connectivity index (χ1v) is 7.80. The molecule has 1 saturated carbocycles. The lowest BCUT2D eigenvalue weighted by atomic mass is 9.89. The molecule has 2 unspecified atom stereocenters. The first-order valence-electron chi connectivity index (χ1n) is 7.36. The quantitative estimate of drug-likeness (QED) is 0.817. The molecule has 0 spiro atoms. The Kier molecular flexibility index (Phi) is 5.64. The molecule has 0 aliphatic heterocycles. The van der Waals surface area contributed by atoms with Crippen LogP contribution in [0.1, 0.15) is 45.4 Å². The van der Waals surface area contributed by atoms with E-state index in [1.54, 1.807) is 6.33 Å². The van der Waals surface area contributed by atoms with Crippen molar-refractivity contribution in [1.29, 1.82) is 0 Å². The maximum Gasteiger partial charge on any atom is 0.140 e. The zero-order chi connectivity index (χ0) is 13.7. The summed E-state index contributed by atoms with van der Waals surface area (Å²) in [6.45, 7) is 7.17. The number of aromatic nitrogens is 3. The van der Waals surface area contributed by atoms with E-state index in [-0.39, 0.29) is 0 Å². The molecule has 0 aromatic carbocycles. The molecule has 19 heavy (non-hydrogen) atoms. The summed E-state index contributed by atoms with van der Waals surface area (Å²) >= 11 is 6.22. The van der Waals surface area contributed by atoms with E-state index in [9.17, 15) is 0 Å². The predicted octanol–water partition coefficient (Wildman–Crippen LogP) is 2.82. The van der Waals surface area contributed by atoms with Crippen molar-refractivity contribution in [3.05, 3.63) is 12.2 Å². The summed E-state index contributed by atoms with van der Waals surface area (Å²) in [5.41, 5.74) is 0.